The number of nitro benzene ring substituents is 1. The van der Waals surface area contributed by atoms with Crippen molar-refractivity contribution in [1.82, 2.24) is 4.98 Å². The number of H-pyrrole nitrogens is 1. The number of carbonyl (C=O) groups excluding carboxylic acids is 1. The number of benzene rings is 3. The summed E-state index contributed by atoms with van der Waals surface area (Å²) in [6.07, 6.45) is -0.340. The highest BCUT2D eigenvalue weighted by molar-refractivity contribution is 5.93. The van der Waals surface area contributed by atoms with Gasteiger partial charge in [-0.05, 0) is 66.3 Å². The summed E-state index contributed by atoms with van der Waals surface area (Å²) >= 11 is 0. The number of carbonyl (C=O) groups is 1. The van der Waals surface area contributed by atoms with Crippen LogP contribution in [0, 0.1) is 27.6 Å². The van der Waals surface area contributed by atoms with Crippen molar-refractivity contribution in [2.24, 2.45) is 0 Å². The van der Waals surface area contributed by atoms with Crippen molar-refractivity contribution >= 4 is 22.7 Å². The lowest BCUT2D eigenvalue weighted by Crippen LogP contribution is -2.16. The molecule has 10 heteroatoms. The number of nitrogens with zero attached hydrogens (tertiary/aromatic N) is 1. The zero-order valence-corrected chi connectivity index (χ0v) is 18.0. The van der Waals surface area contributed by atoms with Crippen LogP contribution in [-0.4, -0.2) is 22.7 Å². The van der Waals surface area contributed by atoms with Crippen molar-refractivity contribution in [3.8, 4) is 17.0 Å². The number of aromatic nitrogens is 1. The van der Waals surface area contributed by atoms with Gasteiger partial charge >= 0.3 is 6.16 Å². The van der Waals surface area contributed by atoms with Crippen molar-refractivity contribution in [2.45, 2.75) is 18.8 Å². The summed E-state index contributed by atoms with van der Waals surface area (Å²) in [5, 5.41) is 11.1. The molecule has 1 aliphatic carbocycles. The second-order valence-corrected chi connectivity index (χ2v) is 8.17. The number of nitrogens with one attached hydrogen (secondary N) is 1. The predicted octanol–water partition coefficient (Wildman–Crippen LogP) is 6.41. The maximum Gasteiger partial charge on any atom is 0.513 e. The minimum Gasteiger partial charge on any atom is -0.434 e. The number of nitro groups is 1. The Kier molecular flexibility index (Phi) is 5.64. The normalized spacial score (nSPS) is 14.3. The molecule has 0 bridgehead atoms. The Morgan fingerprint density at radius 3 is 2.57 bits per heavy atom. The van der Waals surface area contributed by atoms with Crippen molar-refractivity contribution in [1.29, 1.82) is 0 Å². The van der Waals surface area contributed by atoms with Crippen LogP contribution in [0.4, 0.5) is 23.7 Å². The molecule has 35 heavy (non-hydrogen) atoms. The average molecular weight is 482 g/mol. The molecule has 0 fully saturated rings. The van der Waals surface area contributed by atoms with Crippen molar-refractivity contribution in [2.75, 3.05) is 6.61 Å². The highest BCUT2D eigenvalue weighted by atomic mass is 19.1. The van der Waals surface area contributed by atoms with Gasteiger partial charge in [0.1, 0.15) is 23.2 Å². The number of rotatable bonds is 5. The number of aromatic amines is 1. The van der Waals surface area contributed by atoms with Gasteiger partial charge in [0.2, 0.25) is 0 Å². The van der Waals surface area contributed by atoms with E-state index < -0.39 is 28.5 Å². The van der Waals surface area contributed by atoms with Gasteiger partial charge in [0.25, 0.3) is 5.69 Å². The van der Waals surface area contributed by atoms with Crippen LogP contribution in [-0.2, 0) is 11.2 Å². The smallest absolute Gasteiger partial charge is 0.434 e. The summed E-state index contributed by atoms with van der Waals surface area (Å²) < 4.78 is 52.6. The number of hydrogen-bond donors (Lipinski definition) is 1. The van der Waals surface area contributed by atoms with Crippen molar-refractivity contribution in [3.05, 3.63) is 93.3 Å². The Labute approximate surface area is 196 Å². The molecule has 0 radical (unpaired) electrons. The van der Waals surface area contributed by atoms with E-state index in [1.165, 1.54) is 42.5 Å². The molecule has 0 spiro atoms. The van der Waals surface area contributed by atoms with Crippen molar-refractivity contribution in [3.63, 3.8) is 0 Å². The van der Waals surface area contributed by atoms with Crippen LogP contribution in [0.5, 0.6) is 5.75 Å². The van der Waals surface area contributed by atoms with Gasteiger partial charge in [0, 0.05) is 29.1 Å². The van der Waals surface area contributed by atoms with Gasteiger partial charge in [-0.3, -0.25) is 10.1 Å². The molecule has 1 atom stereocenters. The van der Waals surface area contributed by atoms with Gasteiger partial charge in [-0.2, -0.15) is 0 Å². The van der Waals surface area contributed by atoms with E-state index in [1.807, 2.05) is 0 Å². The molecular formula is C25H17F3N2O5. The number of ether oxygens (including phenoxy) is 2. The largest absolute Gasteiger partial charge is 0.513 e. The zero-order chi connectivity index (χ0) is 24.7. The average Bonchev–Trinajstić information content (AvgIpc) is 3.19. The molecule has 1 aromatic heterocycles. The molecule has 7 nitrogen and oxygen atoms in total. The highest BCUT2D eigenvalue weighted by Crippen LogP contribution is 2.45. The second-order valence-electron chi connectivity index (χ2n) is 8.17. The maximum atomic E-state index is 14.5. The third kappa shape index (κ3) is 4.30. The van der Waals surface area contributed by atoms with Crippen molar-refractivity contribution < 1.29 is 32.4 Å². The van der Waals surface area contributed by atoms with E-state index in [-0.39, 0.29) is 35.9 Å². The molecule has 3 aromatic carbocycles. The second kappa shape index (κ2) is 8.79. The molecule has 1 N–H and O–H groups in total. The SMILES string of the molecule is O=C(OCC[C@@H]1Cc2cc(F)ccc2-c2[nH]c3c(F)cc(F)cc3c21)Oc1ccc([N+](=O)[O-])cc1. The number of halogens is 3. The first-order chi connectivity index (χ1) is 16.8. The Morgan fingerprint density at radius 2 is 1.83 bits per heavy atom. The van der Waals surface area contributed by atoms with E-state index in [4.69, 9.17) is 9.47 Å². The van der Waals surface area contributed by atoms with Crippen LogP contribution in [0.2, 0.25) is 0 Å². The molecule has 178 valence electrons. The molecule has 0 amide bonds. The van der Waals surface area contributed by atoms with Gasteiger partial charge in [-0.1, -0.05) is 0 Å². The third-order valence-electron chi connectivity index (χ3n) is 6.01. The quantitative estimate of drug-likeness (QED) is 0.154. The van der Waals surface area contributed by atoms with Crippen LogP contribution in [0.25, 0.3) is 22.2 Å². The van der Waals surface area contributed by atoms with Gasteiger partial charge < -0.3 is 14.5 Å². The number of hydrogen-bond acceptors (Lipinski definition) is 5. The highest BCUT2D eigenvalue weighted by Gasteiger charge is 2.30. The Balaban J connectivity index is 1.36. The van der Waals surface area contributed by atoms with E-state index in [0.29, 0.717) is 34.2 Å². The maximum absolute atomic E-state index is 14.5. The van der Waals surface area contributed by atoms with E-state index in [2.05, 4.69) is 4.98 Å². The summed E-state index contributed by atoms with van der Waals surface area (Å²) in [6, 6.07) is 11.3. The fourth-order valence-electron chi connectivity index (χ4n) is 4.51. The van der Waals surface area contributed by atoms with Gasteiger partial charge in [0.15, 0.2) is 0 Å². The monoisotopic (exact) mass is 482 g/mol. The van der Waals surface area contributed by atoms with Gasteiger partial charge in [-0.25, -0.2) is 18.0 Å². The Bertz CT molecular complexity index is 1470. The first kappa shape index (κ1) is 22.5. The van der Waals surface area contributed by atoms with Gasteiger partial charge in [0.05, 0.1) is 22.7 Å². The zero-order valence-electron chi connectivity index (χ0n) is 18.0. The van der Waals surface area contributed by atoms with Gasteiger partial charge in [-0.15, -0.1) is 0 Å². The Morgan fingerprint density at radius 1 is 1.06 bits per heavy atom. The van der Waals surface area contributed by atoms with Crippen LogP contribution < -0.4 is 4.74 Å². The van der Waals surface area contributed by atoms with E-state index in [1.54, 1.807) is 6.07 Å². The summed E-state index contributed by atoms with van der Waals surface area (Å²) in [5.74, 6) is -2.11. The summed E-state index contributed by atoms with van der Waals surface area (Å²) in [6.45, 7) is -0.0783. The lowest BCUT2D eigenvalue weighted by molar-refractivity contribution is -0.384. The van der Waals surface area contributed by atoms with Crippen LogP contribution in [0.3, 0.4) is 0 Å². The molecule has 4 aromatic rings. The topological polar surface area (TPSA) is 94.5 Å². The third-order valence-corrected chi connectivity index (χ3v) is 6.01. The first-order valence-electron chi connectivity index (χ1n) is 10.7. The number of fused-ring (bicyclic) bond motifs is 5. The predicted molar refractivity (Wildman–Crippen MR) is 120 cm³/mol. The minimum atomic E-state index is -1.00. The van der Waals surface area contributed by atoms with Crippen LogP contribution in [0.15, 0.2) is 54.6 Å². The minimum absolute atomic E-state index is 0.0764. The first-order valence-corrected chi connectivity index (χ1v) is 10.7. The van der Waals surface area contributed by atoms with Crippen LogP contribution in [0.1, 0.15) is 23.5 Å². The van der Waals surface area contributed by atoms with E-state index in [9.17, 15) is 28.1 Å². The lowest BCUT2D eigenvalue weighted by Gasteiger charge is -2.25. The molecule has 0 aliphatic heterocycles. The molecule has 0 saturated heterocycles. The summed E-state index contributed by atoms with van der Waals surface area (Å²) in [4.78, 5) is 25.2. The molecule has 0 unspecified atom stereocenters. The fourth-order valence-corrected chi connectivity index (χ4v) is 4.51. The lowest BCUT2D eigenvalue weighted by atomic mass is 9.79. The summed E-state index contributed by atoms with van der Waals surface area (Å²) in [7, 11) is 0. The number of non-ortho nitro benzene ring substituents is 1. The fraction of sp³-hybridized carbons (Fsp3) is 0.160. The molecule has 5 rings (SSSR count). The van der Waals surface area contributed by atoms with E-state index >= 15 is 0 Å². The molecule has 0 saturated carbocycles. The van der Waals surface area contributed by atoms with E-state index in [0.717, 1.165) is 6.07 Å². The molecular weight excluding hydrogens is 465 g/mol. The molecule has 1 aliphatic rings. The Hall–Kier alpha value is -4.34. The molecule has 1 heterocycles. The summed E-state index contributed by atoms with van der Waals surface area (Å²) in [5.41, 5.74) is 2.64. The van der Waals surface area contributed by atoms with Crippen LogP contribution >= 0.6 is 0 Å². The standard InChI is InChI=1S/C25H17F3N2O5/c26-15-1-6-19-14(10-15)9-13(22-20-11-16(27)12-21(28)23(20)29-24(19)22)7-8-34-25(31)35-18-4-2-17(3-5-18)30(32)33/h1-6,10-13,29H,7-9H2/t13-/m1/s1.